The second kappa shape index (κ2) is 8.94. The number of hydrogen-bond acceptors (Lipinski definition) is 7. The van der Waals surface area contributed by atoms with Crippen LogP contribution in [0.5, 0.6) is 0 Å². The molecule has 0 aliphatic heterocycles. The van der Waals surface area contributed by atoms with E-state index in [9.17, 15) is 9.18 Å². The quantitative estimate of drug-likeness (QED) is 0.427. The number of hydrogen-bond donors (Lipinski definition) is 1. The molecule has 0 aliphatic rings. The molecule has 2 aromatic heterocycles. The van der Waals surface area contributed by atoms with Crippen molar-refractivity contribution in [2.24, 2.45) is 0 Å². The molecule has 31 heavy (non-hydrogen) atoms. The fourth-order valence-electron chi connectivity index (χ4n) is 2.87. The zero-order valence-corrected chi connectivity index (χ0v) is 18.7. The number of amides is 1. The van der Waals surface area contributed by atoms with Crippen molar-refractivity contribution in [3.05, 3.63) is 64.8 Å². The van der Waals surface area contributed by atoms with Crippen molar-refractivity contribution in [2.45, 2.75) is 31.2 Å². The second-order valence-corrected chi connectivity index (χ2v) is 9.05. The van der Waals surface area contributed by atoms with Gasteiger partial charge in [-0.25, -0.2) is 9.37 Å². The van der Waals surface area contributed by atoms with E-state index in [0.717, 1.165) is 22.4 Å². The molecule has 0 fully saturated rings. The molecule has 1 N–H and O–H groups in total. The Morgan fingerprint density at radius 2 is 1.97 bits per heavy atom. The zero-order chi connectivity index (χ0) is 22.0. The molecular weight excluding hydrogens is 435 g/mol. The van der Waals surface area contributed by atoms with Crippen LogP contribution in [0.15, 0.2) is 53.0 Å². The number of anilines is 1. The normalized spacial score (nSPS) is 12.0. The molecule has 2 heterocycles. The predicted molar refractivity (Wildman–Crippen MR) is 120 cm³/mol. The molecule has 1 amide bonds. The first-order valence-corrected chi connectivity index (χ1v) is 11.2. The maximum atomic E-state index is 13.1. The van der Waals surface area contributed by atoms with Gasteiger partial charge < -0.3 is 5.32 Å². The van der Waals surface area contributed by atoms with Crippen LogP contribution < -0.4 is 5.32 Å². The number of nitrogens with one attached hydrogen (secondary N) is 1. The second-order valence-electron chi connectivity index (χ2n) is 6.89. The molecule has 0 aliphatic carbocycles. The third-order valence-corrected chi connectivity index (χ3v) is 6.56. The third kappa shape index (κ3) is 4.64. The Labute approximate surface area is 186 Å². The summed E-state index contributed by atoms with van der Waals surface area (Å²) in [6, 6.07) is 12.0. The fourth-order valence-corrected chi connectivity index (χ4v) is 4.39. The topological polar surface area (TPSA) is 85.6 Å². The molecular formula is C21H19FN6OS2. The van der Waals surface area contributed by atoms with Gasteiger partial charge in [-0.1, -0.05) is 23.9 Å². The molecule has 10 heteroatoms. The van der Waals surface area contributed by atoms with E-state index in [2.05, 4.69) is 25.8 Å². The lowest BCUT2D eigenvalue weighted by molar-refractivity contribution is -0.115. The van der Waals surface area contributed by atoms with Gasteiger partial charge in [0.05, 0.1) is 16.6 Å². The van der Waals surface area contributed by atoms with Crippen molar-refractivity contribution >= 4 is 34.1 Å². The summed E-state index contributed by atoms with van der Waals surface area (Å²) >= 11 is 2.58. The molecule has 1 atom stereocenters. The monoisotopic (exact) mass is 454 g/mol. The van der Waals surface area contributed by atoms with Crippen LogP contribution in [0.25, 0.3) is 16.9 Å². The third-order valence-electron chi connectivity index (χ3n) is 4.77. The van der Waals surface area contributed by atoms with E-state index in [0.29, 0.717) is 16.0 Å². The molecule has 7 nitrogen and oxygen atoms in total. The number of thiazole rings is 1. The van der Waals surface area contributed by atoms with Gasteiger partial charge in [-0.2, -0.15) is 4.68 Å². The lowest BCUT2D eigenvalue weighted by Crippen LogP contribution is -2.22. The van der Waals surface area contributed by atoms with Gasteiger partial charge in [-0.05, 0) is 72.7 Å². The number of aryl methyl sites for hydroxylation is 1. The van der Waals surface area contributed by atoms with Crippen LogP contribution in [0.2, 0.25) is 0 Å². The number of nitrogens with zero attached hydrogens (tertiary/aromatic N) is 5. The fraction of sp³-hybridized carbons (Fsp3) is 0.190. The first kappa shape index (κ1) is 21.1. The lowest BCUT2D eigenvalue weighted by Gasteiger charge is -2.12. The summed E-state index contributed by atoms with van der Waals surface area (Å²) in [7, 11) is 0. The number of carbonyl (C=O) groups is 1. The van der Waals surface area contributed by atoms with Crippen LogP contribution in [0.1, 0.15) is 18.1 Å². The Morgan fingerprint density at radius 3 is 2.74 bits per heavy atom. The number of aromatic nitrogens is 5. The Hall–Kier alpha value is -3.11. The van der Waals surface area contributed by atoms with Gasteiger partial charge in [0.25, 0.3) is 0 Å². The SMILES string of the molecule is Cc1cccc(-n2nnnc2SC(C)C(=O)Nc2nc(-c3ccc(F)cc3)cs2)c1C. The molecule has 0 spiro atoms. The zero-order valence-electron chi connectivity index (χ0n) is 17.0. The van der Waals surface area contributed by atoms with Gasteiger partial charge in [-0.3, -0.25) is 4.79 Å². The summed E-state index contributed by atoms with van der Waals surface area (Å²) in [5.41, 5.74) is 4.55. The van der Waals surface area contributed by atoms with E-state index < -0.39 is 5.25 Å². The van der Waals surface area contributed by atoms with Crippen molar-refractivity contribution in [3.8, 4) is 16.9 Å². The standard InChI is InChI=1S/C21H19FN6OS2/c1-12-5-4-6-18(13(12)2)28-21(25-26-27-28)31-14(3)19(29)24-20-23-17(11-30-20)15-7-9-16(22)10-8-15/h4-11,14H,1-3H3,(H,23,24,29). The maximum Gasteiger partial charge on any atom is 0.239 e. The number of benzene rings is 2. The van der Waals surface area contributed by atoms with E-state index in [1.165, 1.54) is 35.2 Å². The van der Waals surface area contributed by atoms with E-state index in [1.54, 1.807) is 23.7 Å². The number of rotatable bonds is 6. The van der Waals surface area contributed by atoms with E-state index in [1.807, 2.05) is 37.4 Å². The van der Waals surface area contributed by atoms with Gasteiger partial charge in [0.2, 0.25) is 11.1 Å². The van der Waals surface area contributed by atoms with Crippen molar-refractivity contribution in [1.82, 2.24) is 25.2 Å². The summed E-state index contributed by atoms with van der Waals surface area (Å²) < 4.78 is 14.8. The summed E-state index contributed by atoms with van der Waals surface area (Å²) in [5.74, 6) is -0.512. The van der Waals surface area contributed by atoms with Crippen LogP contribution in [-0.4, -0.2) is 36.3 Å². The van der Waals surface area contributed by atoms with Gasteiger partial charge in [0.1, 0.15) is 5.82 Å². The molecule has 158 valence electrons. The van der Waals surface area contributed by atoms with Crippen LogP contribution in [-0.2, 0) is 4.79 Å². The highest BCUT2D eigenvalue weighted by molar-refractivity contribution is 8.00. The predicted octanol–water partition coefficient (Wildman–Crippen LogP) is 4.66. The summed E-state index contributed by atoms with van der Waals surface area (Å²) in [5, 5.41) is 17.2. The molecule has 4 rings (SSSR count). The Balaban J connectivity index is 1.45. The number of tetrazole rings is 1. The summed E-state index contributed by atoms with van der Waals surface area (Å²) in [6.45, 7) is 5.83. The van der Waals surface area contributed by atoms with Gasteiger partial charge >= 0.3 is 0 Å². The minimum Gasteiger partial charge on any atom is -0.301 e. The van der Waals surface area contributed by atoms with Crippen molar-refractivity contribution in [1.29, 1.82) is 0 Å². The first-order valence-electron chi connectivity index (χ1n) is 9.46. The van der Waals surface area contributed by atoms with E-state index in [4.69, 9.17) is 0 Å². The molecule has 0 radical (unpaired) electrons. The maximum absolute atomic E-state index is 13.1. The number of carbonyl (C=O) groups excluding carboxylic acids is 1. The Kier molecular flexibility index (Phi) is 6.10. The van der Waals surface area contributed by atoms with Crippen LogP contribution in [0, 0.1) is 19.7 Å². The minimum absolute atomic E-state index is 0.208. The van der Waals surface area contributed by atoms with Crippen LogP contribution in [0.3, 0.4) is 0 Å². The van der Waals surface area contributed by atoms with Gasteiger partial charge in [-0.15, -0.1) is 16.4 Å². The largest absolute Gasteiger partial charge is 0.301 e. The van der Waals surface area contributed by atoms with Crippen molar-refractivity contribution in [3.63, 3.8) is 0 Å². The Bertz CT molecular complexity index is 1220. The van der Waals surface area contributed by atoms with Crippen molar-refractivity contribution < 1.29 is 9.18 Å². The highest BCUT2D eigenvalue weighted by Gasteiger charge is 2.21. The van der Waals surface area contributed by atoms with Crippen molar-refractivity contribution in [2.75, 3.05) is 5.32 Å². The molecule has 0 saturated carbocycles. The number of halogens is 1. The average Bonchev–Trinajstić information content (AvgIpc) is 3.40. The highest BCUT2D eigenvalue weighted by Crippen LogP contribution is 2.28. The van der Waals surface area contributed by atoms with E-state index >= 15 is 0 Å². The lowest BCUT2D eigenvalue weighted by atomic mass is 10.1. The average molecular weight is 455 g/mol. The molecule has 1 unspecified atom stereocenters. The summed E-state index contributed by atoms with van der Waals surface area (Å²) in [6.07, 6.45) is 0. The molecule has 0 saturated heterocycles. The molecule has 2 aromatic carbocycles. The van der Waals surface area contributed by atoms with Crippen LogP contribution >= 0.6 is 23.1 Å². The molecule has 4 aromatic rings. The van der Waals surface area contributed by atoms with Gasteiger partial charge in [0.15, 0.2) is 5.13 Å². The minimum atomic E-state index is -0.451. The smallest absolute Gasteiger partial charge is 0.239 e. The molecule has 0 bridgehead atoms. The summed E-state index contributed by atoms with van der Waals surface area (Å²) in [4.78, 5) is 17.1. The Morgan fingerprint density at radius 1 is 1.19 bits per heavy atom. The van der Waals surface area contributed by atoms with E-state index in [-0.39, 0.29) is 11.7 Å². The number of thioether (sulfide) groups is 1. The van der Waals surface area contributed by atoms with Crippen LogP contribution in [0.4, 0.5) is 9.52 Å². The first-order chi connectivity index (χ1) is 14.9. The van der Waals surface area contributed by atoms with Gasteiger partial charge in [0, 0.05) is 10.9 Å². The highest BCUT2D eigenvalue weighted by atomic mass is 32.2.